The molecule has 100 valence electrons. The summed E-state index contributed by atoms with van der Waals surface area (Å²) >= 11 is 6.10. The molecule has 1 aromatic heterocycles. The molecule has 0 unspecified atom stereocenters. The molecule has 0 spiro atoms. The van der Waals surface area contributed by atoms with Gasteiger partial charge in [-0.3, -0.25) is 9.59 Å². The van der Waals surface area contributed by atoms with Gasteiger partial charge >= 0.3 is 5.97 Å². The molecule has 0 aliphatic heterocycles. The van der Waals surface area contributed by atoms with Crippen molar-refractivity contribution in [2.75, 3.05) is 7.11 Å². The number of rotatable bonds is 4. The molecule has 1 heterocycles. The number of aromatic nitrogens is 1. The first-order valence-corrected chi connectivity index (χ1v) is 6.35. The van der Waals surface area contributed by atoms with Gasteiger partial charge in [0.25, 0.3) is 0 Å². The summed E-state index contributed by atoms with van der Waals surface area (Å²) in [5.41, 5.74) is 1.77. The smallest absolute Gasteiger partial charge is 0.310 e. The maximum atomic E-state index is 12.0. The number of methoxy groups -OCH3 is 1. The van der Waals surface area contributed by atoms with E-state index in [9.17, 15) is 9.59 Å². The molecule has 5 heteroatoms. The number of fused-ring (bicyclic) bond motifs is 1. The first-order valence-electron chi connectivity index (χ1n) is 5.97. The molecular formula is C14H14ClNO3. The van der Waals surface area contributed by atoms with Crippen LogP contribution >= 0.6 is 11.6 Å². The number of Topliss-reactive ketones (excluding diaryl/α,β-unsaturated/α-hetero) is 1. The average Bonchev–Trinajstić information content (AvgIpc) is 2.78. The van der Waals surface area contributed by atoms with Crippen LogP contribution in [-0.2, 0) is 16.0 Å². The Kier molecular flexibility index (Phi) is 3.90. The number of carbonyl (C=O) groups excluding carboxylic acids is 2. The van der Waals surface area contributed by atoms with E-state index in [0.717, 1.165) is 5.39 Å². The number of carbonyl (C=O) groups is 2. The highest BCUT2D eigenvalue weighted by Crippen LogP contribution is 2.29. The van der Waals surface area contributed by atoms with E-state index in [4.69, 9.17) is 11.6 Å². The van der Waals surface area contributed by atoms with Crippen LogP contribution in [0.3, 0.4) is 0 Å². The number of esters is 1. The number of benzene rings is 1. The molecule has 2 rings (SSSR count). The van der Waals surface area contributed by atoms with Gasteiger partial charge in [-0.05, 0) is 11.6 Å². The largest absolute Gasteiger partial charge is 0.469 e. The molecule has 19 heavy (non-hydrogen) atoms. The highest BCUT2D eigenvalue weighted by atomic mass is 35.5. The van der Waals surface area contributed by atoms with Crippen molar-refractivity contribution < 1.29 is 14.3 Å². The second-order valence-electron chi connectivity index (χ2n) is 4.17. The van der Waals surface area contributed by atoms with Gasteiger partial charge in [0.1, 0.15) is 0 Å². The van der Waals surface area contributed by atoms with Crippen molar-refractivity contribution in [2.45, 2.75) is 19.8 Å². The molecule has 0 aliphatic rings. The van der Waals surface area contributed by atoms with Crippen LogP contribution in [0.15, 0.2) is 18.2 Å². The van der Waals surface area contributed by atoms with Crippen LogP contribution in [0.4, 0.5) is 0 Å². The van der Waals surface area contributed by atoms with Gasteiger partial charge in [-0.1, -0.05) is 30.7 Å². The van der Waals surface area contributed by atoms with Crippen molar-refractivity contribution in [3.8, 4) is 0 Å². The van der Waals surface area contributed by atoms with E-state index in [2.05, 4.69) is 9.72 Å². The van der Waals surface area contributed by atoms with Crippen LogP contribution < -0.4 is 0 Å². The number of para-hydroxylation sites is 1. The lowest BCUT2D eigenvalue weighted by molar-refractivity contribution is -0.139. The van der Waals surface area contributed by atoms with Gasteiger partial charge in [0, 0.05) is 11.8 Å². The minimum absolute atomic E-state index is 0.0498. The van der Waals surface area contributed by atoms with E-state index < -0.39 is 0 Å². The van der Waals surface area contributed by atoms with Crippen LogP contribution in [0.25, 0.3) is 10.9 Å². The number of hydrogen-bond donors (Lipinski definition) is 1. The molecule has 0 saturated heterocycles. The quantitative estimate of drug-likeness (QED) is 0.691. The minimum Gasteiger partial charge on any atom is -0.469 e. The Labute approximate surface area is 115 Å². The number of H-pyrrole nitrogens is 1. The summed E-state index contributed by atoms with van der Waals surface area (Å²) in [6, 6.07) is 5.37. The normalized spacial score (nSPS) is 10.7. The average molecular weight is 280 g/mol. The second kappa shape index (κ2) is 5.45. The third-order valence-corrected chi connectivity index (χ3v) is 3.35. The molecule has 2 aromatic rings. The van der Waals surface area contributed by atoms with Crippen molar-refractivity contribution in [1.82, 2.24) is 4.98 Å². The third kappa shape index (κ3) is 2.49. The molecule has 0 aliphatic carbocycles. The van der Waals surface area contributed by atoms with E-state index in [1.54, 1.807) is 19.1 Å². The molecule has 0 bridgehead atoms. The lowest BCUT2D eigenvalue weighted by atomic mass is 10.0. The second-order valence-corrected chi connectivity index (χ2v) is 4.58. The van der Waals surface area contributed by atoms with E-state index in [0.29, 0.717) is 28.2 Å². The number of halogens is 1. The van der Waals surface area contributed by atoms with Gasteiger partial charge in [0.05, 0.1) is 29.8 Å². The van der Waals surface area contributed by atoms with Crippen molar-refractivity contribution in [1.29, 1.82) is 0 Å². The number of aromatic amines is 1. The Hall–Kier alpha value is -1.81. The highest BCUT2D eigenvalue weighted by molar-refractivity contribution is 6.35. The maximum absolute atomic E-state index is 12.0. The zero-order chi connectivity index (χ0) is 14.0. The topological polar surface area (TPSA) is 59.2 Å². The lowest BCUT2D eigenvalue weighted by Gasteiger charge is -2.02. The minimum atomic E-state index is -0.383. The number of hydrogen-bond acceptors (Lipinski definition) is 3. The Morgan fingerprint density at radius 3 is 2.74 bits per heavy atom. The Bertz CT molecular complexity index is 645. The summed E-state index contributed by atoms with van der Waals surface area (Å²) < 4.78 is 4.67. The molecule has 1 N–H and O–H groups in total. The molecule has 0 amide bonds. The number of nitrogens with one attached hydrogen (secondary N) is 1. The summed E-state index contributed by atoms with van der Waals surface area (Å²) in [4.78, 5) is 26.5. The van der Waals surface area contributed by atoms with Gasteiger partial charge in [-0.25, -0.2) is 0 Å². The standard InChI is InChI=1S/C14H14ClNO3/c1-3-11(17)14-9(7-12(18)19-2)8-5-4-6-10(15)13(8)16-14/h4-6,16H,3,7H2,1-2H3. The van der Waals surface area contributed by atoms with E-state index in [1.165, 1.54) is 7.11 Å². The van der Waals surface area contributed by atoms with Crippen molar-refractivity contribution >= 4 is 34.3 Å². The molecular weight excluding hydrogens is 266 g/mol. The van der Waals surface area contributed by atoms with Gasteiger partial charge in [0.2, 0.25) is 0 Å². The monoisotopic (exact) mass is 279 g/mol. The maximum Gasteiger partial charge on any atom is 0.310 e. The fourth-order valence-corrected chi connectivity index (χ4v) is 2.27. The van der Waals surface area contributed by atoms with Crippen LogP contribution in [0.2, 0.25) is 5.02 Å². The lowest BCUT2D eigenvalue weighted by Crippen LogP contribution is -2.08. The first-order chi connectivity index (χ1) is 9.08. The summed E-state index contributed by atoms with van der Waals surface area (Å²) in [5.74, 6) is -0.433. The van der Waals surface area contributed by atoms with E-state index in [1.807, 2.05) is 6.07 Å². The van der Waals surface area contributed by atoms with E-state index in [-0.39, 0.29) is 18.2 Å². The zero-order valence-electron chi connectivity index (χ0n) is 10.7. The molecule has 1 aromatic carbocycles. The van der Waals surface area contributed by atoms with Crippen LogP contribution in [0, 0.1) is 0 Å². The first kappa shape index (κ1) is 13.6. The molecule has 4 nitrogen and oxygen atoms in total. The van der Waals surface area contributed by atoms with E-state index >= 15 is 0 Å². The fourth-order valence-electron chi connectivity index (χ4n) is 2.05. The predicted molar refractivity (Wildman–Crippen MR) is 73.7 cm³/mol. The summed E-state index contributed by atoms with van der Waals surface area (Å²) in [5, 5.41) is 1.31. The Morgan fingerprint density at radius 2 is 2.11 bits per heavy atom. The van der Waals surface area contributed by atoms with Gasteiger partial charge < -0.3 is 9.72 Å². The Balaban J connectivity index is 2.65. The highest BCUT2D eigenvalue weighted by Gasteiger charge is 2.20. The van der Waals surface area contributed by atoms with Gasteiger partial charge in [-0.2, -0.15) is 0 Å². The molecule has 0 atom stereocenters. The molecule has 0 saturated carbocycles. The summed E-state index contributed by atoms with van der Waals surface area (Å²) in [7, 11) is 1.32. The third-order valence-electron chi connectivity index (χ3n) is 3.04. The van der Waals surface area contributed by atoms with Gasteiger partial charge in [0.15, 0.2) is 5.78 Å². The van der Waals surface area contributed by atoms with Crippen molar-refractivity contribution in [3.63, 3.8) is 0 Å². The summed E-state index contributed by atoms with van der Waals surface area (Å²) in [6.45, 7) is 1.78. The van der Waals surface area contributed by atoms with Crippen molar-refractivity contribution in [3.05, 3.63) is 34.5 Å². The fraction of sp³-hybridized carbons (Fsp3) is 0.286. The number of ether oxygens (including phenoxy) is 1. The van der Waals surface area contributed by atoms with Crippen LogP contribution in [-0.4, -0.2) is 23.8 Å². The summed E-state index contributed by atoms with van der Waals surface area (Å²) in [6.07, 6.45) is 0.413. The van der Waals surface area contributed by atoms with Crippen LogP contribution in [0.1, 0.15) is 29.4 Å². The van der Waals surface area contributed by atoms with Crippen molar-refractivity contribution in [2.24, 2.45) is 0 Å². The Morgan fingerprint density at radius 1 is 1.37 bits per heavy atom. The molecule has 0 fully saturated rings. The SMILES string of the molecule is CCC(=O)c1[nH]c2c(Cl)cccc2c1CC(=O)OC. The van der Waals surface area contributed by atoms with Gasteiger partial charge in [-0.15, -0.1) is 0 Å². The predicted octanol–water partition coefficient (Wildman–Crippen LogP) is 3.13. The molecule has 0 radical (unpaired) electrons. The zero-order valence-corrected chi connectivity index (χ0v) is 11.5. The number of ketones is 1. The van der Waals surface area contributed by atoms with Crippen LogP contribution in [0.5, 0.6) is 0 Å².